The van der Waals surface area contributed by atoms with Gasteiger partial charge in [0.1, 0.15) is 0 Å². The Balaban J connectivity index is 1.69. The van der Waals surface area contributed by atoms with Crippen LogP contribution in [0.1, 0.15) is 20.8 Å². The summed E-state index contributed by atoms with van der Waals surface area (Å²) in [6.07, 6.45) is 2.65. The molecule has 0 saturated carbocycles. The number of thiazole rings is 1. The molecule has 0 aliphatic carbocycles. The van der Waals surface area contributed by atoms with Gasteiger partial charge in [-0.15, -0.1) is 11.3 Å². The first-order chi connectivity index (χ1) is 10.7. The summed E-state index contributed by atoms with van der Waals surface area (Å²) in [5.41, 5.74) is 1.91. The average Bonchev–Trinajstić information content (AvgIpc) is 2.95. The van der Waals surface area contributed by atoms with Crippen molar-refractivity contribution in [2.75, 3.05) is 5.32 Å². The predicted molar refractivity (Wildman–Crippen MR) is 98.5 cm³/mol. The zero-order valence-corrected chi connectivity index (χ0v) is 14.6. The Morgan fingerprint density at radius 3 is 2.59 bits per heavy atom. The lowest BCUT2D eigenvalue weighted by Gasteiger charge is -2.03. The topological polar surface area (TPSA) is 42.0 Å². The van der Waals surface area contributed by atoms with Crippen LogP contribution in [0.5, 0.6) is 0 Å². The number of hydrogen-bond donors (Lipinski definition) is 1. The van der Waals surface area contributed by atoms with E-state index in [9.17, 15) is 4.79 Å². The van der Waals surface area contributed by atoms with Crippen LogP contribution < -0.4 is 5.32 Å². The van der Waals surface area contributed by atoms with Crippen LogP contribution in [0.3, 0.4) is 0 Å². The molecule has 110 valence electrons. The van der Waals surface area contributed by atoms with Crippen molar-refractivity contribution in [2.24, 2.45) is 0 Å². The second kappa shape index (κ2) is 7.02. The van der Waals surface area contributed by atoms with E-state index in [-0.39, 0.29) is 5.91 Å². The number of nitrogens with one attached hydrogen (secondary N) is 1. The first-order valence-corrected chi connectivity index (χ1v) is 8.66. The van der Waals surface area contributed by atoms with Crippen LogP contribution in [-0.4, -0.2) is 10.9 Å². The largest absolute Gasteiger partial charge is 0.298 e. The number of nitrogens with zero attached hydrogens (tertiary/aromatic N) is 1. The number of carbonyl (C=O) groups excluding carboxylic acids is 1. The summed E-state index contributed by atoms with van der Waals surface area (Å²) in [5, 5.41) is 3.50. The minimum atomic E-state index is -0.120. The van der Waals surface area contributed by atoms with Crippen molar-refractivity contribution in [1.29, 1.82) is 0 Å². The summed E-state index contributed by atoms with van der Waals surface area (Å²) in [7, 11) is 0. The van der Waals surface area contributed by atoms with Gasteiger partial charge in [0.2, 0.25) is 0 Å². The maximum atomic E-state index is 12.3. The van der Waals surface area contributed by atoms with Gasteiger partial charge in [0, 0.05) is 21.1 Å². The summed E-state index contributed by atoms with van der Waals surface area (Å²) in [6.45, 7) is 0. The number of amides is 1. The fourth-order valence-corrected chi connectivity index (χ4v) is 3.53. The van der Waals surface area contributed by atoms with Gasteiger partial charge in [-0.1, -0.05) is 42.5 Å². The lowest BCUT2D eigenvalue weighted by molar-refractivity contribution is 0.102. The fourth-order valence-electron chi connectivity index (χ4n) is 2.05. The molecule has 3 rings (SSSR count). The number of aromatic nitrogens is 1. The Kier molecular flexibility index (Phi) is 4.84. The van der Waals surface area contributed by atoms with E-state index in [0.717, 1.165) is 14.9 Å². The van der Waals surface area contributed by atoms with Crippen LogP contribution in [0, 0.1) is 3.57 Å². The van der Waals surface area contributed by atoms with E-state index >= 15 is 0 Å². The number of halogens is 1. The molecule has 3 aromatic rings. The van der Waals surface area contributed by atoms with Crippen LogP contribution in [0.15, 0.2) is 60.8 Å². The summed E-state index contributed by atoms with van der Waals surface area (Å²) in [6, 6.07) is 17.7. The van der Waals surface area contributed by atoms with Gasteiger partial charge in [0.25, 0.3) is 5.91 Å². The van der Waals surface area contributed by atoms with E-state index in [1.807, 2.05) is 48.7 Å². The van der Waals surface area contributed by atoms with E-state index in [4.69, 9.17) is 0 Å². The number of carbonyl (C=O) groups is 1. The number of hydrogen-bond acceptors (Lipinski definition) is 3. The minimum absolute atomic E-state index is 0.120. The molecule has 0 aliphatic rings. The zero-order valence-electron chi connectivity index (χ0n) is 11.6. The fraction of sp³-hybridized carbons (Fsp3) is 0.0588. The third-order valence-corrected chi connectivity index (χ3v) is 4.97. The Labute approximate surface area is 146 Å². The van der Waals surface area contributed by atoms with Crippen LogP contribution >= 0.6 is 33.9 Å². The highest BCUT2D eigenvalue weighted by Gasteiger charge is 2.11. The number of anilines is 1. The lowest BCUT2D eigenvalue weighted by atomic mass is 10.1. The SMILES string of the molecule is O=C(Nc1ncc(Cc2ccccc2)s1)c1ccccc1I. The highest BCUT2D eigenvalue weighted by Crippen LogP contribution is 2.22. The lowest BCUT2D eigenvalue weighted by Crippen LogP contribution is -2.12. The molecule has 0 saturated heterocycles. The Morgan fingerprint density at radius 2 is 1.82 bits per heavy atom. The standard InChI is InChI=1S/C17H13IN2OS/c18-15-9-5-4-8-14(15)16(21)20-17-19-11-13(22-17)10-12-6-2-1-3-7-12/h1-9,11H,10H2,(H,19,20,21). The van der Waals surface area contributed by atoms with E-state index in [2.05, 4.69) is 45.0 Å². The molecule has 0 fully saturated rings. The highest BCUT2D eigenvalue weighted by molar-refractivity contribution is 14.1. The van der Waals surface area contributed by atoms with Crippen LogP contribution in [0.25, 0.3) is 0 Å². The van der Waals surface area contributed by atoms with Crippen LogP contribution in [0.4, 0.5) is 5.13 Å². The molecule has 5 heteroatoms. The third kappa shape index (κ3) is 3.72. The molecule has 1 heterocycles. The average molecular weight is 420 g/mol. The molecule has 0 bridgehead atoms. The molecule has 0 radical (unpaired) electrons. The summed E-state index contributed by atoms with van der Waals surface area (Å²) < 4.78 is 0.929. The zero-order chi connectivity index (χ0) is 15.4. The van der Waals surface area contributed by atoms with Gasteiger partial charge in [-0.2, -0.15) is 0 Å². The van der Waals surface area contributed by atoms with Crippen LogP contribution in [0.2, 0.25) is 0 Å². The van der Waals surface area contributed by atoms with Crippen molar-refractivity contribution in [3.8, 4) is 0 Å². The summed E-state index contributed by atoms with van der Waals surface area (Å²) in [4.78, 5) is 17.7. The Bertz CT molecular complexity index is 786. The maximum absolute atomic E-state index is 12.3. The van der Waals surface area contributed by atoms with Crippen molar-refractivity contribution in [3.63, 3.8) is 0 Å². The van der Waals surface area contributed by atoms with E-state index < -0.39 is 0 Å². The molecule has 22 heavy (non-hydrogen) atoms. The van der Waals surface area contributed by atoms with Crippen molar-refractivity contribution in [3.05, 3.63) is 80.4 Å². The van der Waals surface area contributed by atoms with Gasteiger partial charge in [0.05, 0.1) is 5.56 Å². The maximum Gasteiger partial charge on any atom is 0.258 e. The third-order valence-electron chi connectivity index (χ3n) is 3.11. The number of rotatable bonds is 4. The van der Waals surface area contributed by atoms with E-state index in [1.54, 1.807) is 0 Å². The quantitative estimate of drug-likeness (QED) is 0.628. The van der Waals surface area contributed by atoms with Gasteiger partial charge in [0.15, 0.2) is 5.13 Å². The molecule has 1 N–H and O–H groups in total. The van der Waals surface area contributed by atoms with Gasteiger partial charge in [-0.25, -0.2) is 4.98 Å². The molecule has 0 spiro atoms. The Morgan fingerprint density at radius 1 is 1.09 bits per heavy atom. The first-order valence-electron chi connectivity index (χ1n) is 6.77. The molecular weight excluding hydrogens is 407 g/mol. The van der Waals surface area contributed by atoms with Gasteiger partial charge >= 0.3 is 0 Å². The van der Waals surface area contributed by atoms with Crippen molar-refractivity contribution < 1.29 is 4.79 Å². The van der Waals surface area contributed by atoms with Crippen molar-refractivity contribution in [2.45, 2.75) is 6.42 Å². The second-order valence-electron chi connectivity index (χ2n) is 4.73. The van der Waals surface area contributed by atoms with E-state index in [0.29, 0.717) is 10.7 Å². The van der Waals surface area contributed by atoms with E-state index in [1.165, 1.54) is 16.9 Å². The minimum Gasteiger partial charge on any atom is -0.298 e. The Hall–Kier alpha value is -1.73. The van der Waals surface area contributed by atoms with Crippen molar-refractivity contribution in [1.82, 2.24) is 4.98 Å². The summed E-state index contributed by atoms with van der Waals surface area (Å²) in [5.74, 6) is -0.120. The first kappa shape index (κ1) is 15.2. The smallest absolute Gasteiger partial charge is 0.258 e. The molecule has 1 aromatic heterocycles. The molecule has 0 aliphatic heterocycles. The summed E-state index contributed by atoms with van der Waals surface area (Å²) >= 11 is 3.67. The van der Waals surface area contributed by atoms with Crippen LogP contribution in [-0.2, 0) is 6.42 Å². The predicted octanol–water partition coefficient (Wildman–Crippen LogP) is 4.59. The molecule has 0 unspecified atom stereocenters. The molecule has 2 aromatic carbocycles. The second-order valence-corrected chi connectivity index (χ2v) is 7.01. The highest BCUT2D eigenvalue weighted by atomic mass is 127. The van der Waals surface area contributed by atoms with Gasteiger partial charge < -0.3 is 0 Å². The molecule has 1 amide bonds. The normalized spacial score (nSPS) is 10.4. The van der Waals surface area contributed by atoms with Crippen molar-refractivity contribution >= 4 is 45.0 Å². The molecular formula is C17H13IN2OS. The number of benzene rings is 2. The van der Waals surface area contributed by atoms with Gasteiger partial charge in [-0.3, -0.25) is 10.1 Å². The molecule has 3 nitrogen and oxygen atoms in total. The molecule has 0 atom stereocenters. The monoisotopic (exact) mass is 420 g/mol. The van der Waals surface area contributed by atoms with Gasteiger partial charge in [-0.05, 0) is 40.3 Å².